The molecule has 2 rings (SSSR count). The molecular formula is C10H9ClN2. The van der Waals surface area contributed by atoms with Crippen LogP contribution in [0, 0.1) is 0 Å². The highest BCUT2D eigenvalue weighted by molar-refractivity contribution is 6.18. The molecule has 0 saturated carbocycles. The molecule has 0 atom stereocenters. The van der Waals surface area contributed by atoms with Crippen molar-refractivity contribution in [2.24, 2.45) is 0 Å². The maximum absolute atomic E-state index is 5.79. The lowest BCUT2D eigenvalue weighted by molar-refractivity contribution is 1.38. The predicted octanol–water partition coefficient (Wildman–Crippen LogP) is 2.56. The summed E-state index contributed by atoms with van der Waals surface area (Å²) in [5.74, 6) is 1.04. The van der Waals surface area contributed by atoms with Gasteiger partial charge in [-0.15, -0.1) is 11.6 Å². The molecule has 1 aromatic heterocycles. The SMILES string of the molecule is Nc1ccc2c(CCl)cccc2n1. The van der Waals surface area contributed by atoms with Gasteiger partial charge in [0.2, 0.25) is 0 Å². The Kier molecular flexibility index (Phi) is 2.07. The van der Waals surface area contributed by atoms with E-state index in [4.69, 9.17) is 17.3 Å². The zero-order valence-corrected chi connectivity index (χ0v) is 7.75. The van der Waals surface area contributed by atoms with Crippen LogP contribution in [0.2, 0.25) is 0 Å². The second-order valence-corrected chi connectivity index (χ2v) is 3.12. The molecule has 0 saturated heterocycles. The number of nitrogen functional groups attached to an aromatic ring is 1. The van der Waals surface area contributed by atoms with Crippen molar-refractivity contribution in [2.75, 3.05) is 5.73 Å². The number of pyridine rings is 1. The number of anilines is 1. The molecule has 0 radical (unpaired) electrons. The van der Waals surface area contributed by atoms with E-state index in [9.17, 15) is 0 Å². The predicted molar refractivity (Wildman–Crippen MR) is 55.7 cm³/mol. The van der Waals surface area contributed by atoms with Crippen molar-refractivity contribution in [3.05, 3.63) is 35.9 Å². The van der Waals surface area contributed by atoms with Gasteiger partial charge in [-0.25, -0.2) is 4.98 Å². The molecule has 66 valence electrons. The average Bonchev–Trinajstić information content (AvgIpc) is 2.16. The minimum atomic E-state index is 0.503. The van der Waals surface area contributed by atoms with Gasteiger partial charge in [-0.05, 0) is 23.8 Å². The van der Waals surface area contributed by atoms with Gasteiger partial charge in [0.15, 0.2) is 0 Å². The maximum atomic E-state index is 5.79. The minimum absolute atomic E-state index is 0.503. The van der Waals surface area contributed by atoms with Crippen molar-refractivity contribution in [3.8, 4) is 0 Å². The number of halogens is 1. The fraction of sp³-hybridized carbons (Fsp3) is 0.100. The summed E-state index contributed by atoms with van der Waals surface area (Å²) >= 11 is 5.79. The Morgan fingerprint density at radius 3 is 2.85 bits per heavy atom. The zero-order chi connectivity index (χ0) is 9.26. The van der Waals surface area contributed by atoms with Gasteiger partial charge in [-0.3, -0.25) is 0 Å². The van der Waals surface area contributed by atoms with Gasteiger partial charge in [0.05, 0.1) is 5.52 Å². The normalized spacial score (nSPS) is 10.5. The van der Waals surface area contributed by atoms with Crippen molar-refractivity contribution in [3.63, 3.8) is 0 Å². The number of nitrogens with two attached hydrogens (primary N) is 1. The number of alkyl halides is 1. The monoisotopic (exact) mass is 192 g/mol. The van der Waals surface area contributed by atoms with E-state index in [0.717, 1.165) is 16.5 Å². The fourth-order valence-corrected chi connectivity index (χ4v) is 1.58. The summed E-state index contributed by atoms with van der Waals surface area (Å²) < 4.78 is 0. The summed E-state index contributed by atoms with van der Waals surface area (Å²) in [5.41, 5.74) is 7.56. The van der Waals surface area contributed by atoms with Crippen molar-refractivity contribution in [1.29, 1.82) is 0 Å². The molecule has 0 bridgehead atoms. The van der Waals surface area contributed by atoms with Crippen LogP contribution >= 0.6 is 11.6 Å². The number of fused-ring (bicyclic) bond motifs is 1. The fourth-order valence-electron chi connectivity index (χ4n) is 1.35. The highest BCUT2D eigenvalue weighted by atomic mass is 35.5. The van der Waals surface area contributed by atoms with Gasteiger partial charge in [0.1, 0.15) is 5.82 Å². The van der Waals surface area contributed by atoms with E-state index in [2.05, 4.69) is 4.98 Å². The minimum Gasteiger partial charge on any atom is -0.384 e. The van der Waals surface area contributed by atoms with Crippen molar-refractivity contribution >= 4 is 28.3 Å². The molecule has 0 aliphatic rings. The molecule has 0 unspecified atom stereocenters. The van der Waals surface area contributed by atoms with Crippen LogP contribution in [0.3, 0.4) is 0 Å². The Bertz CT molecular complexity index is 440. The highest BCUT2D eigenvalue weighted by Gasteiger charge is 1.99. The van der Waals surface area contributed by atoms with Crippen molar-refractivity contribution in [2.45, 2.75) is 5.88 Å². The van der Waals surface area contributed by atoms with E-state index in [-0.39, 0.29) is 0 Å². The molecule has 2 aromatic rings. The number of rotatable bonds is 1. The van der Waals surface area contributed by atoms with Crippen LogP contribution in [0.1, 0.15) is 5.56 Å². The second-order valence-electron chi connectivity index (χ2n) is 2.85. The van der Waals surface area contributed by atoms with Gasteiger partial charge >= 0.3 is 0 Å². The maximum Gasteiger partial charge on any atom is 0.124 e. The molecule has 0 fully saturated rings. The second kappa shape index (κ2) is 3.23. The summed E-state index contributed by atoms with van der Waals surface area (Å²) in [6.07, 6.45) is 0. The molecular weight excluding hydrogens is 184 g/mol. The van der Waals surface area contributed by atoms with Gasteiger partial charge in [0, 0.05) is 11.3 Å². The van der Waals surface area contributed by atoms with Crippen LogP contribution in [-0.4, -0.2) is 4.98 Å². The van der Waals surface area contributed by atoms with Crippen LogP contribution < -0.4 is 5.73 Å². The molecule has 0 aliphatic heterocycles. The first-order valence-corrected chi connectivity index (χ1v) is 4.55. The van der Waals surface area contributed by atoms with Crippen LogP contribution in [0.5, 0.6) is 0 Å². The molecule has 2 N–H and O–H groups in total. The molecule has 0 spiro atoms. The largest absolute Gasteiger partial charge is 0.384 e. The summed E-state index contributed by atoms with van der Waals surface area (Å²) in [6.45, 7) is 0. The summed E-state index contributed by atoms with van der Waals surface area (Å²) in [7, 11) is 0. The van der Waals surface area contributed by atoms with E-state index in [1.165, 1.54) is 0 Å². The summed E-state index contributed by atoms with van der Waals surface area (Å²) in [5, 5.41) is 1.08. The van der Waals surface area contributed by atoms with E-state index in [0.29, 0.717) is 11.7 Å². The zero-order valence-electron chi connectivity index (χ0n) is 7.00. The Labute approximate surface area is 81.3 Å². The quantitative estimate of drug-likeness (QED) is 0.706. The molecule has 13 heavy (non-hydrogen) atoms. The first kappa shape index (κ1) is 8.32. The molecule has 0 amide bonds. The lowest BCUT2D eigenvalue weighted by Gasteiger charge is -2.02. The summed E-state index contributed by atoms with van der Waals surface area (Å²) in [6, 6.07) is 9.61. The first-order valence-electron chi connectivity index (χ1n) is 4.01. The number of nitrogens with zero attached hydrogens (tertiary/aromatic N) is 1. The Hall–Kier alpha value is -1.28. The van der Waals surface area contributed by atoms with E-state index in [1.807, 2.05) is 24.3 Å². The summed E-state index contributed by atoms with van der Waals surface area (Å²) in [4.78, 5) is 4.20. The van der Waals surface area contributed by atoms with Gasteiger partial charge in [0.25, 0.3) is 0 Å². The Balaban J connectivity index is 2.77. The van der Waals surface area contributed by atoms with E-state index >= 15 is 0 Å². The number of hydrogen-bond acceptors (Lipinski definition) is 2. The van der Waals surface area contributed by atoms with E-state index in [1.54, 1.807) is 6.07 Å². The molecule has 3 heteroatoms. The average molecular weight is 193 g/mol. The Morgan fingerprint density at radius 2 is 2.08 bits per heavy atom. The van der Waals surface area contributed by atoms with Crippen LogP contribution in [0.4, 0.5) is 5.82 Å². The molecule has 1 heterocycles. The van der Waals surface area contributed by atoms with Gasteiger partial charge < -0.3 is 5.73 Å². The number of aromatic nitrogens is 1. The van der Waals surface area contributed by atoms with Gasteiger partial charge in [-0.1, -0.05) is 12.1 Å². The third-order valence-electron chi connectivity index (χ3n) is 1.99. The van der Waals surface area contributed by atoms with Crippen LogP contribution in [0.15, 0.2) is 30.3 Å². The molecule has 2 nitrogen and oxygen atoms in total. The Morgan fingerprint density at radius 1 is 1.23 bits per heavy atom. The standard InChI is InChI=1S/C10H9ClN2/c11-6-7-2-1-3-9-8(7)4-5-10(12)13-9/h1-5H,6H2,(H2,12,13). The van der Waals surface area contributed by atoms with E-state index < -0.39 is 0 Å². The molecule has 0 aliphatic carbocycles. The highest BCUT2D eigenvalue weighted by Crippen LogP contribution is 2.19. The van der Waals surface area contributed by atoms with Gasteiger partial charge in [-0.2, -0.15) is 0 Å². The third kappa shape index (κ3) is 1.45. The molecule has 1 aromatic carbocycles. The van der Waals surface area contributed by atoms with Crippen molar-refractivity contribution in [1.82, 2.24) is 4.98 Å². The van der Waals surface area contributed by atoms with Crippen LogP contribution in [0.25, 0.3) is 10.9 Å². The third-order valence-corrected chi connectivity index (χ3v) is 2.28. The first-order chi connectivity index (χ1) is 6.31. The van der Waals surface area contributed by atoms with Crippen molar-refractivity contribution < 1.29 is 0 Å². The number of benzene rings is 1. The lowest BCUT2D eigenvalue weighted by Crippen LogP contribution is -1.91. The lowest BCUT2D eigenvalue weighted by atomic mass is 10.1. The smallest absolute Gasteiger partial charge is 0.124 e. The number of hydrogen-bond donors (Lipinski definition) is 1. The van der Waals surface area contributed by atoms with Crippen LogP contribution in [-0.2, 0) is 5.88 Å². The topological polar surface area (TPSA) is 38.9 Å².